The van der Waals surface area contributed by atoms with E-state index in [1.807, 2.05) is 0 Å². The van der Waals surface area contributed by atoms with Crippen molar-refractivity contribution in [3.05, 3.63) is 23.8 Å². The zero-order valence-corrected chi connectivity index (χ0v) is 12.0. The van der Waals surface area contributed by atoms with Gasteiger partial charge in [0.2, 0.25) is 5.91 Å². The maximum absolute atomic E-state index is 12.3. The van der Waals surface area contributed by atoms with Gasteiger partial charge < -0.3 is 20.9 Å². The third kappa shape index (κ3) is 3.72. The Morgan fingerprint density at radius 3 is 2.52 bits per heavy atom. The Labute approximate surface area is 123 Å². The Bertz CT molecular complexity index is 536. The minimum atomic E-state index is -1.04. The minimum Gasteiger partial charge on any atom is -0.495 e. The Kier molecular flexibility index (Phi) is 4.80. The fourth-order valence-corrected chi connectivity index (χ4v) is 2.55. The summed E-state index contributed by atoms with van der Waals surface area (Å²) >= 11 is 0. The second-order valence-electron chi connectivity index (χ2n) is 5.32. The van der Waals surface area contributed by atoms with Crippen LogP contribution in [0.4, 0.5) is 5.69 Å². The average molecular weight is 292 g/mol. The van der Waals surface area contributed by atoms with Crippen molar-refractivity contribution < 1.29 is 19.4 Å². The molecule has 6 heteroatoms. The molecule has 6 nitrogen and oxygen atoms in total. The summed E-state index contributed by atoms with van der Waals surface area (Å²) in [6.07, 6.45) is 3.19. The molecule has 114 valence electrons. The first kappa shape index (κ1) is 15.3. The lowest BCUT2D eigenvalue weighted by atomic mass is 9.86. The molecule has 21 heavy (non-hydrogen) atoms. The van der Waals surface area contributed by atoms with Gasteiger partial charge in [0, 0.05) is 12.0 Å². The van der Waals surface area contributed by atoms with E-state index in [-0.39, 0.29) is 23.4 Å². The van der Waals surface area contributed by atoms with Gasteiger partial charge in [0.15, 0.2) is 0 Å². The molecule has 2 rings (SSSR count). The number of hydrogen-bond acceptors (Lipinski definition) is 4. The van der Waals surface area contributed by atoms with E-state index in [1.165, 1.54) is 25.3 Å². The number of hydrogen-bond donors (Lipinski definition) is 3. The SMILES string of the molecule is COc1ccc(C(=O)O)cc1NC(=O)C1CCC(N)CC1. The third-order valence-electron chi connectivity index (χ3n) is 3.85. The minimum absolute atomic E-state index is 0.0806. The molecule has 0 spiro atoms. The first-order valence-electron chi connectivity index (χ1n) is 6.99. The molecular weight excluding hydrogens is 272 g/mol. The standard InChI is InChI=1S/C15H20N2O4/c1-21-13-7-4-10(15(19)20)8-12(13)17-14(18)9-2-5-11(16)6-3-9/h4,7-9,11H,2-3,5-6,16H2,1H3,(H,17,18)(H,19,20). The van der Waals surface area contributed by atoms with Crippen LogP contribution in [0, 0.1) is 5.92 Å². The van der Waals surface area contributed by atoms with Crippen molar-refractivity contribution >= 4 is 17.6 Å². The number of aromatic carboxylic acids is 1. The van der Waals surface area contributed by atoms with E-state index in [0.717, 1.165) is 25.7 Å². The van der Waals surface area contributed by atoms with Crippen LogP contribution in [0.1, 0.15) is 36.0 Å². The van der Waals surface area contributed by atoms with Crippen LogP contribution in [-0.4, -0.2) is 30.1 Å². The van der Waals surface area contributed by atoms with Gasteiger partial charge in [-0.15, -0.1) is 0 Å². The molecule has 1 saturated carbocycles. The van der Waals surface area contributed by atoms with Crippen LogP contribution in [0.3, 0.4) is 0 Å². The van der Waals surface area contributed by atoms with Gasteiger partial charge >= 0.3 is 5.97 Å². The molecule has 1 aromatic carbocycles. The van der Waals surface area contributed by atoms with E-state index >= 15 is 0 Å². The number of amides is 1. The van der Waals surface area contributed by atoms with Gasteiger partial charge in [-0.1, -0.05) is 0 Å². The third-order valence-corrected chi connectivity index (χ3v) is 3.85. The first-order chi connectivity index (χ1) is 10.0. The van der Waals surface area contributed by atoms with Gasteiger partial charge in [-0.3, -0.25) is 4.79 Å². The molecular formula is C15H20N2O4. The van der Waals surface area contributed by atoms with E-state index in [2.05, 4.69) is 5.32 Å². The smallest absolute Gasteiger partial charge is 0.335 e. The summed E-state index contributed by atoms with van der Waals surface area (Å²) in [5.41, 5.74) is 6.33. The molecule has 1 amide bonds. The van der Waals surface area contributed by atoms with E-state index in [9.17, 15) is 9.59 Å². The predicted molar refractivity (Wildman–Crippen MR) is 78.5 cm³/mol. The number of anilines is 1. The average Bonchev–Trinajstić information content (AvgIpc) is 2.47. The lowest BCUT2D eigenvalue weighted by molar-refractivity contribution is -0.120. The zero-order valence-electron chi connectivity index (χ0n) is 12.0. The quantitative estimate of drug-likeness (QED) is 0.786. The lowest BCUT2D eigenvalue weighted by Gasteiger charge is -2.25. The highest BCUT2D eigenvalue weighted by Gasteiger charge is 2.25. The van der Waals surface area contributed by atoms with E-state index < -0.39 is 5.97 Å². The van der Waals surface area contributed by atoms with E-state index in [4.69, 9.17) is 15.6 Å². The highest BCUT2D eigenvalue weighted by atomic mass is 16.5. The van der Waals surface area contributed by atoms with Crippen LogP contribution in [0.25, 0.3) is 0 Å². The van der Waals surface area contributed by atoms with Gasteiger partial charge in [0.25, 0.3) is 0 Å². The number of carbonyl (C=O) groups excluding carboxylic acids is 1. The summed E-state index contributed by atoms with van der Waals surface area (Å²) < 4.78 is 5.16. The fourth-order valence-electron chi connectivity index (χ4n) is 2.55. The summed E-state index contributed by atoms with van der Waals surface area (Å²) in [5.74, 6) is -0.789. The van der Waals surface area contributed by atoms with Gasteiger partial charge in [0.05, 0.1) is 18.4 Å². The highest BCUT2D eigenvalue weighted by molar-refractivity contribution is 5.96. The molecule has 1 aromatic rings. The van der Waals surface area contributed by atoms with Gasteiger partial charge in [0.1, 0.15) is 5.75 Å². The van der Waals surface area contributed by atoms with E-state index in [1.54, 1.807) is 0 Å². The van der Waals surface area contributed by atoms with Gasteiger partial charge in [-0.05, 0) is 43.9 Å². The Morgan fingerprint density at radius 1 is 1.29 bits per heavy atom. The summed E-state index contributed by atoms with van der Waals surface area (Å²) in [4.78, 5) is 23.3. The number of nitrogens with two attached hydrogens (primary N) is 1. The molecule has 0 saturated heterocycles. The second-order valence-corrected chi connectivity index (χ2v) is 5.32. The topological polar surface area (TPSA) is 102 Å². The summed E-state index contributed by atoms with van der Waals surface area (Å²) in [5, 5.41) is 11.8. The van der Waals surface area contributed by atoms with Crippen molar-refractivity contribution in [3.8, 4) is 5.75 Å². The largest absolute Gasteiger partial charge is 0.495 e. The van der Waals surface area contributed by atoms with Crippen LogP contribution in [0.2, 0.25) is 0 Å². The maximum atomic E-state index is 12.3. The number of carboxylic acid groups (broad SMARTS) is 1. The predicted octanol–water partition coefficient (Wildman–Crippen LogP) is 1.85. The van der Waals surface area contributed by atoms with Crippen LogP contribution in [-0.2, 0) is 4.79 Å². The molecule has 0 bridgehead atoms. The number of carbonyl (C=O) groups is 2. The zero-order chi connectivity index (χ0) is 15.4. The molecule has 1 aliphatic carbocycles. The molecule has 1 aliphatic rings. The number of benzene rings is 1. The van der Waals surface area contributed by atoms with Crippen molar-refractivity contribution in [2.75, 3.05) is 12.4 Å². The van der Waals surface area contributed by atoms with Crippen molar-refractivity contribution in [2.45, 2.75) is 31.7 Å². The maximum Gasteiger partial charge on any atom is 0.335 e. The van der Waals surface area contributed by atoms with Gasteiger partial charge in [-0.25, -0.2) is 4.79 Å². The molecule has 0 heterocycles. The summed E-state index contributed by atoms with van der Waals surface area (Å²) in [6.45, 7) is 0. The van der Waals surface area contributed by atoms with Crippen molar-refractivity contribution in [3.63, 3.8) is 0 Å². The molecule has 0 unspecified atom stereocenters. The van der Waals surface area contributed by atoms with E-state index in [0.29, 0.717) is 11.4 Å². The Hall–Kier alpha value is -2.08. The second kappa shape index (κ2) is 6.58. The number of rotatable bonds is 4. The Morgan fingerprint density at radius 2 is 1.95 bits per heavy atom. The summed E-state index contributed by atoms with van der Waals surface area (Å²) in [6, 6.07) is 4.57. The van der Waals surface area contributed by atoms with Crippen LogP contribution in [0.5, 0.6) is 5.75 Å². The molecule has 0 atom stereocenters. The Balaban J connectivity index is 2.12. The normalized spacial score (nSPS) is 21.6. The molecule has 0 aliphatic heterocycles. The lowest BCUT2D eigenvalue weighted by Crippen LogP contribution is -2.32. The van der Waals surface area contributed by atoms with Crippen LogP contribution >= 0.6 is 0 Å². The molecule has 4 N–H and O–H groups in total. The monoisotopic (exact) mass is 292 g/mol. The number of carboxylic acids is 1. The molecule has 1 fully saturated rings. The molecule has 0 aromatic heterocycles. The first-order valence-corrected chi connectivity index (χ1v) is 6.99. The number of ether oxygens (including phenoxy) is 1. The van der Waals surface area contributed by atoms with Crippen molar-refractivity contribution in [1.82, 2.24) is 0 Å². The number of nitrogens with one attached hydrogen (secondary N) is 1. The van der Waals surface area contributed by atoms with Crippen molar-refractivity contribution in [1.29, 1.82) is 0 Å². The van der Waals surface area contributed by atoms with Crippen LogP contribution < -0.4 is 15.8 Å². The fraction of sp³-hybridized carbons (Fsp3) is 0.467. The molecule has 0 radical (unpaired) electrons. The van der Waals surface area contributed by atoms with Crippen LogP contribution in [0.15, 0.2) is 18.2 Å². The highest BCUT2D eigenvalue weighted by Crippen LogP contribution is 2.29. The summed E-state index contributed by atoms with van der Waals surface area (Å²) in [7, 11) is 1.48. The van der Waals surface area contributed by atoms with Crippen molar-refractivity contribution in [2.24, 2.45) is 11.7 Å². The number of methoxy groups -OCH3 is 1. The van der Waals surface area contributed by atoms with Gasteiger partial charge in [-0.2, -0.15) is 0 Å².